The molecule has 0 radical (unpaired) electrons. The molecule has 0 amide bonds. The van der Waals surface area contributed by atoms with Crippen molar-refractivity contribution in [3.63, 3.8) is 0 Å². The summed E-state index contributed by atoms with van der Waals surface area (Å²) in [6.07, 6.45) is 1.79. The van der Waals surface area contributed by atoms with Crippen molar-refractivity contribution in [3.8, 4) is 0 Å². The summed E-state index contributed by atoms with van der Waals surface area (Å²) < 4.78 is 34.8. The summed E-state index contributed by atoms with van der Waals surface area (Å²) in [5, 5.41) is 3.30. The van der Waals surface area contributed by atoms with E-state index in [4.69, 9.17) is 4.74 Å². The summed E-state index contributed by atoms with van der Waals surface area (Å²) in [5.74, 6) is 0. The number of morpholine rings is 1. The second-order valence-electron chi connectivity index (χ2n) is 5.69. The molecule has 0 aromatic rings. The lowest BCUT2D eigenvalue weighted by atomic mass is 10.0. The Balaban J connectivity index is 0.00000200. The second kappa shape index (κ2) is 7.38. The summed E-state index contributed by atoms with van der Waals surface area (Å²) >= 11 is 0. The normalized spacial score (nSPS) is 36.4. The van der Waals surface area contributed by atoms with Crippen molar-refractivity contribution < 1.29 is 13.2 Å². The number of piperidine rings is 1. The Morgan fingerprint density at radius 2 is 1.80 bits per heavy atom. The van der Waals surface area contributed by atoms with Crippen LogP contribution in [0.2, 0.25) is 0 Å². The smallest absolute Gasteiger partial charge is 0.279 e. The van der Waals surface area contributed by atoms with E-state index < -0.39 is 10.2 Å². The van der Waals surface area contributed by atoms with Gasteiger partial charge in [0.15, 0.2) is 0 Å². The first-order chi connectivity index (χ1) is 8.88. The van der Waals surface area contributed by atoms with Crippen LogP contribution in [0.15, 0.2) is 0 Å². The van der Waals surface area contributed by atoms with E-state index in [0.29, 0.717) is 13.1 Å². The third-order valence-electron chi connectivity index (χ3n) is 3.79. The van der Waals surface area contributed by atoms with Crippen LogP contribution in [-0.4, -0.2) is 56.6 Å². The van der Waals surface area contributed by atoms with E-state index in [1.54, 1.807) is 0 Å². The van der Waals surface area contributed by atoms with Gasteiger partial charge in [0.05, 0.1) is 12.2 Å². The predicted molar refractivity (Wildman–Crippen MR) is 81.4 cm³/mol. The molecule has 4 atom stereocenters. The van der Waals surface area contributed by atoms with Crippen LogP contribution in [0.4, 0.5) is 0 Å². The SMILES string of the molecule is CC1CN(S(=O)(=O)NC2CCCNC2C)CC(C)O1.Cl. The number of hydrogen-bond acceptors (Lipinski definition) is 4. The predicted octanol–water partition coefficient (Wildman–Crippen LogP) is 0.492. The van der Waals surface area contributed by atoms with E-state index in [-0.39, 0.29) is 36.7 Å². The Labute approximate surface area is 128 Å². The molecular weight excluding hydrogens is 302 g/mol. The van der Waals surface area contributed by atoms with Crippen LogP contribution < -0.4 is 10.0 Å². The zero-order valence-electron chi connectivity index (χ0n) is 12.3. The van der Waals surface area contributed by atoms with Crippen LogP contribution in [0.3, 0.4) is 0 Å². The van der Waals surface area contributed by atoms with Gasteiger partial charge in [-0.15, -0.1) is 12.4 Å². The van der Waals surface area contributed by atoms with Gasteiger partial charge in [-0.2, -0.15) is 17.4 Å². The number of rotatable bonds is 3. The Morgan fingerprint density at radius 3 is 2.35 bits per heavy atom. The molecule has 6 nitrogen and oxygen atoms in total. The Kier molecular flexibility index (Phi) is 6.69. The molecule has 20 heavy (non-hydrogen) atoms. The third-order valence-corrected chi connectivity index (χ3v) is 5.37. The molecule has 0 aromatic carbocycles. The van der Waals surface area contributed by atoms with Crippen LogP contribution in [0.1, 0.15) is 33.6 Å². The first-order valence-electron chi connectivity index (χ1n) is 7.04. The van der Waals surface area contributed by atoms with Gasteiger partial charge in [0, 0.05) is 25.2 Å². The first kappa shape index (κ1) is 18.1. The Morgan fingerprint density at radius 1 is 1.20 bits per heavy atom. The van der Waals surface area contributed by atoms with Gasteiger partial charge < -0.3 is 10.1 Å². The summed E-state index contributed by atoms with van der Waals surface area (Å²) in [6.45, 7) is 7.65. The lowest BCUT2D eigenvalue weighted by molar-refractivity contribution is -0.0445. The number of ether oxygens (including phenoxy) is 1. The molecule has 2 fully saturated rings. The van der Waals surface area contributed by atoms with E-state index in [1.807, 2.05) is 20.8 Å². The van der Waals surface area contributed by atoms with Crippen LogP contribution in [0, 0.1) is 0 Å². The van der Waals surface area contributed by atoms with Crippen LogP contribution in [0.5, 0.6) is 0 Å². The fraction of sp³-hybridized carbons (Fsp3) is 1.00. The van der Waals surface area contributed by atoms with Crippen LogP contribution >= 0.6 is 12.4 Å². The van der Waals surface area contributed by atoms with Gasteiger partial charge in [-0.05, 0) is 40.2 Å². The monoisotopic (exact) mass is 327 g/mol. The number of nitrogens with one attached hydrogen (secondary N) is 2. The fourth-order valence-corrected chi connectivity index (χ4v) is 4.46. The van der Waals surface area contributed by atoms with Gasteiger partial charge in [-0.3, -0.25) is 0 Å². The molecule has 2 aliphatic heterocycles. The van der Waals surface area contributed by atoms with Gasteiger partial charge in [0.1, 0.15) is 0 Å². The molecule has 8 heteroatoms. The van der Waals surface area contributed by atoms with E-state index in [1.165, 1.54) is 4.31 Å². The zero-order valence-corrected chi connectivity index (χ0v) is 14.0. The zero-order chi connectivity index (χ0) is 14.0. The molecule has 2 saturated heterocycles. The third kappa shape index (κ3) is 4.54. The highest BCUT2D eigenvalue weighted by atomic mass is 35.5. The van der Waals surface area contributed by atoms with Crippen molar-refractivity contribution in [3.05, 3.63) is 0 Å². The van der Waals surface area contributed by atoms with Crippen molar-refractivity contribution in [2.24, 2.45) is 0 Å². The van der Waals surface area contributed by atoms with Crippen molar-refractivity contribution in [1.82, 2.24) is 14.3 Å². The van der Waals surface area contributed by atoms with E-state index in [9.17, 15) is 8.42 Å². The summed E-state index contributed by atoms with van der Waals surface area (Å²) in [4.78, 5) is 0. The summed E-state index contributed by atoms with van der Waals surface area (Å²) in [5.41, 5.74) is 0. The average molecular weight is 328 g/mol. The Bertz CT molecular complexity index is 397. The van der Waals surface area contributed by atoms with Crippen LogP contribution in [-0.2, 0) is 14.9 Å². The maximum Gasteiger partial charge on any atom is 0.279 e. The second-order valence-corrected chi connectivity index (χ2v) is 7.39. The largest absolute Gasteiger partial charge is 0.373 e. The van der Waals surface area contributed by atoms with Crippen LogP contribution in [0.25, 0.3) is 0 Å². The van der Waals surface area contributed by atoms with Gasteiger partial charge in [-0.25, -0.2) is 0 Å². The lowest BCUT2D eigenvalue weighted by Crippen LogP contribution is -2.58. The van der Waals surface area contributed by atoms with E-state index in [0.717, 1.165) is 19.4 Å². The maximum atomic E-state index is 12.4. The van der Waals surface area contributed by atoms with Gasteiger partial charge in [0.25, 0.3) is 10.2 Å². The van der Waals surface area contributed by atoms with Crippen molar-refractivity contribution >= 4 is 22.6 Å². The molecule has 120 valence electrons. The molecule has 0 bridgehead atoms. The minimum Gasteiger partial charge on any atom is -0.373 e. The summed E-state index contributed by atoms with van der Waals surface area (Å²) in [6, 6.07) is 0.159. The molecule has 2 N–H and O–H groups in total. The molecule has 0 saturated carbocycles. The van der Waals surface area contributed by atoms with Crippen molar-refractivity contribution in [2.45, 2.75) is 57.9 Å². The molecule has 0 spiro atoms. The first-order valence-corrected chi connectivity index (χ1v) is 8.48. The molecule has 0 aliphatic carbocycles. The molecule has 4 unspecified atom stereocenters. The quantitative estimate of drug-likeness (QED) is 0.791. The summed E-state index contributed by atoms with van der Waals surface area (Å²) in [7, 11) is -3.42. The fourth-order valence-electron chi connectivity index (χ4n) is 2.80. The molecule has 0 aromatic heterocycles. The van der Waals surface area contributed by atoms with Gasteiger partial charge in [-0.1, -0.05) is 0 Å². The molecule has 2 rings (SSSR count). The number of nitrogens with zero attached hydrogens (tertiary/aromatic N) is 1. The maximum absolute atomic E-state index is 12.4. The van der Waals surface area contributed by atoms with Crippen molar-refractivity contribution in [2.75, 3.05) is 19.6 Å². The molecule has 2 heterocycles. The lowest BCUT2D eigenvalue weighted by Gasteiger charge is -2.37. The van der Waals surface area contributed by atoms with Crippen molar-refractivity contribution in [1.29, 1.82) is 0 Å². The van der Waals surface area contributed by atoms with Gasteiger partial charge >= 0.3 is 0 Å². The number of hydrogen-bond donors (Lipinski definition) is 2. The van der Waals surface area contributed by atoms with E-state index >= 15 is 0 Å². The standard InChI is InChI=1S/C12H25N3O3S.ClH/c1-9-7-15(8-10(2)18-9)19(16,17)14-12-5-4-6-13-11(12)3;/h9-14H,4-8H2,1-3H3;1H. The highest BCUT2D eigenvalue weighted by Crippen LogP contribution is 2.16. The van der Waals surface area contributed by atoms with Gasteiger partial charge in [0.2, 0.25) is 0 Å². The topological polar surface area (TPSA) is 70.7 Å². The van der Waals surface area contributed by atoms with E-state index in [2.05, 4.69) is 10.0 Å². The molecule has 2 aliphatic rings. The average Bonchev–Trinajstić information content (AvgIpc) is 2.31. The highest BCUT2D eigenvalue weighted by Gasteiger charge is 2.34. The molecular formula is C12H26ClN3O3S. The highest BCUT2D eigenvalue weighted by molar-refractivity contribution is 7.87. The minimum absolute atomic E-state index is 0. The Hall–Kier alpha value is 0.0800. The minimum atomic E-state index is -3.42. The number of halogens is 1.